The number of hydrogen-bond acceptors (Lipinski definition) is 4. The molecule has 0 aliphatic carbocycles. The predicted octanol–water partition coefficient (Wildman–Crippen LogP) is 1.80. The average molecular weight is 359 g/mol. The number of rotatable bonds is 3. The van der Waals surface area contributed by atoms with Crippen molar-refractivity contribution >= 4 is 28.5 Å². The fraction of sp³-hybridized carbons (Fsp3) is 0.250. The second-order valence-corrected chi connectivity index (χ2v) is 6.24. The summed E-state index contributed by atoms with van der Waals surface area (Å²) in [5.41, 5.74) is 0.749. The molecule has 3 aromatic heterocycles. The van der Waals surface area contributed by atoms with Crippen LogP contribution in [0.25, 0.3) is 28.3 Å². The quantitative estimate of drug-likeness (QED) is 0.604. The van der Waals surface area contributed by atoms with E-state index in [1.165, 1.54) is 4.57 Å². The van der Waals surface area contributed by atoms with Crippen LogP contribution in [0.3, 0.4) is 0 Å². The van der Waals surface area contributed by atoms with E-state index in [9.17, 15) is 9.59 Å². The van der Waals surface area contributed by atoms with Gasteiger partial charge in [-0.3, -0.25) is 14.3 Å². The Morgan fingerprint density at radius 2 is 1.88 bits per heavy atom. The zero-order chi connectivity index (χ0) is 17.7. The van der Waals surface area contributed by atoms with Crippen LogP contribution in [-0.2, 0) is 13.6 Å². The Bertz CT molecular complexity index is 1210. The van der Waals surface area contributed by atoms with E-state index in [-0.39, 0.29) is 0 Å². The molecule has 0 saturated heterocycles. The van der Waals surface area contributed by atoms with Crippen molar-refractivity contribution in [1.29, 1.82) is 0 Å². The van der Waals surface area contributed by atoms with Gasteiger partial charge in [0.25, 0.3) is 5.56 Å². The Morgan fingerprint density at radius 3 is 2.56 bits per heavy atom. The van der Waals surface area contributed by atoms with Crippen LogP contribution in [0.2, 0.25) is 5.02 Å². The molecular weight excluding hydrogens is 344 g/mol. The standard InChI is InChI=1S/C16H15ClN6O2/c1-3-8-22-11-13(24)18-16(25)21(2)14(11)23-12(19-20-15(22)23)9-4-6-10(17)7-5-9/h4-7H,3,8H2,1-2H3,(H,18,24,25). The summed E-state index contributed by atoms with van der Waals surface area (Å²) in [6.07, 6.45) is 0.810. The molecule has 0 fully saturated rings. The molecule has 1 N–H and O–H groups in total. The minimum atomic E-state index is -0.483. The second-order valence-electron chi connectivity index (χ2n) is 5.81. The number of H-pyrrole nitrogens is 1. The number of nitrogens with zero attached hydrogens (tertiary/aromatic N) is 5. The fourth-order valence-corrected chi connectivity index (χ4v) is 3.19. The molecule has 128 valence electrons. The first kappa shape index (κ1) is 15.6. The molecule has 0 amide bonds. The molecule has 25 heavy (non-hydrogen) atoms. The number of hydrogen-bond donors (Lipinski definition) is 1. The molecule has 1 aromatic carbocycles. The van der Waals surface area contributed by atoms with E-state index >= 15 is 0 Å². The minimum absolute atomic E-state index is 0.407. The lowest BCUT2D eigenvalue weighted by Crippen LogP contribution is -2.29. The highest BCUT2D eigenvalue weighted by Gasteiger charge is 2.22. The molecule has 3 heterocycles. The van der Waals surface area contributed by atoms with E-state index < -0.39 is 11.2 Å². The average Bonchev–Trinajstić information content (AvgIpc) is 3.13. The highest BCUT2D eigenvalue weighted by atomic mass is 35.5. The summed E-state index contributed by atoms with van der Waals surface area (Å²) in [4.78, 5) is 26.9. The molecule has 0 saturated carbocycles. The van der Waals surface area contributed by atoms with Gasteiger partial charge in [0.2, 0.25) is 5.78 Å². The van der Waals surface area contributed by atoms with E-state index in [1.54, 1.807) is 28.1 Å². The summed E-state index contributed by atoms with van der Waals surface area (Å²) in [5.74, 6) is 1.07. The molecule has 0 spiro atoms. The Balaban J connectivity index is 2.20. The number of aromatic amines is 1. The Labute approximate surface area is 146 Å². The lowest BCUT2D eigenvalue weighted by Gasteiger charge is -2.03. The maximum absolute atomic E-state index is 12.4. The number of imidazole rings is 1. The maximum Gasteiger partial charge on any atom is 0.329 e. The van der Waals surface area contributed by atoms with Gasteiger partial charge in [-0.05, 0) is 30.7 Å². The molecule has 4 rings (SSSR count). The van der Waals surface area contributed by atoms with Gasteiger partial charge >= 0.3 is 5.69 Å². The molecule has 0 atom stereocenters. The first-order valence-corrected chi connectivity index (χ1v) is 8.23. The van der Waals surface area contributed by atoms with E-state index in [0.29, 0.717) is 34.3 Å². The maximum atomic E-state index is 12.4. The van der Waals surface area contributed by atoms with Crippen molar-refractivity contribution < 1.29 is 0 Å². The molecule has 4 aromatic rings. The lowest BCUT2D eigenvalue weighted by molar-refractivity contribution is 0.706. The number of benzene rings is 1. The van der Waals surface area contributed by atoms with Gasteiger partial charge in [0.1, 0.15) is 0 Å². The van der Waals surface area contributed by atoms with Crippen LogP contribution in [0.4, 0.5) is 0 Å². The molecule has 9 heteroatoms. The van der Waals surface area contributed by atoms with Crippen molar-refractivity contribution in [2.75, 3.05) is 0 Å². The summed E-state index contributed by atoms with van der Waals surface area (Å²) in [6, 6.07) is 7.17. The monoisotopic (exact) mass is 358 g/mol. The van der Waals surface area contributed by atoms with Gasteiger partial charge in [-0.1, -0.05) is 18.5 Å². The number of aromatic nitrogens is 6. The number of nitrogens with one attached hydrogen (secondary N) is 1. The van der Waals surface area contributed by atoms with Crippen molar-refractivity contribution in [2.24, 2.45) is 7.05 Å². The first-order valence-electron chi connectivity index (χ1n) is 7.85. The Kier molecular flexibility index (Phi) is 3.50. The van der Waals surface area contributed by atoms with Crippen LogP contribution in [0, 0.1) is 0 Å². The highest BCUT2D eigenvalue weighted by molar-refractivity contribution is 6.30. The third-order valence-corrected chi connectivity index (χ3v) is 4.44. The lowest BCUT2D eigenvalue weighted by atomic mass is 10.2. The topological polar surface area (TPSA) is 90.0 Å². The summed E-state index contributed by atoms with van der Waals surface area (Å²) < 4.78 is 4.93. The Hall–Kier alpha value is -2.87. The first-order chi connectivity index (χ1) is 12.0. The van der Waals surface area contributed by atoms with Crippen molar-refractivity contribution in [3.05, 3.63) is 50.1 Å². The highest BCUT2D eigenvalue weighted by Crippen LogP contribution is 2.25. The molecule has 8 nitrogen and oxygen atoms in total. The molecule has 0 aliphatic heterocycles. The van der Waals surface area contributed by atoms with Crippen LogP contribution in [0.1, 0.15) is 13.3 Å². The largest absolute Gasteiger partial charge is 0.329 e. The summed E-state index contributed by atoms with van der Waals surface area (Å²) in [7, 11) is 1.61. The van der Waals surface area contributed by atoms with E-state index in [1.807, 2.05) is 19.1 Å². The number of fused-ring (bicyclic) bond motifs is 3. The van der Waals surface area contributed by atoms with Gasteiger partial charge in [0, 0.05) is 24.2 Å². The zero-order valence-corrected chi connectivity index (χ0v) is 14.4. The van der Waals surface area contributed by atoms with Gasteiger partial charge in [-0.25, -0.2) is 9.20 Å². The zero-order valence-electron chi connectivity index (χ0n) is 13.7. The third kappa shape index (κ3) is 2.21. The molecule has 0 aliphatic rings. The van der Waals surface area contributed by atoms with Gasteiger partial charge in [-0.2, -0.15) is 0 Å². The normalized spacial score (nSPS) is 11.6. The minimum Gasteiger partial charge on any atom is -0.302 e. The summed E-state index contributed by atoms with van der Waals surface area (Å²) >= 11 is 5.96. The van der Waals surface area contributed by atoms with Crippen molar-refractivity contribution in [3.63, 3.8) is 0 Å². The van der Waals surface area contributed by atoms with Gasteiger partial charge in [0.15, 0.2) is 17.0 Å². The van der Waals surface area contributed by atoms with Crippen molar-refractivity contribution in [2.45, 2.75) is 19.9 Å². The van der Waals surface area contributed by atoms with Gasteiger partial charge < -0.3 is 4.57 Å². The van der Waals surface area contributed by atoms with E-state index in [0.717, 1.165) is 12.0 Å². The number of halogens is 1. The van der Waals surface area contributed by atoms with Crippen molar-refractivity contribution in [3.8, 4) is 11.4 Å². The number of aryl methyl sites for hydroxylation is 2. The second kappa shape index (κ2) is 5.59. The molecule has 0 radical (unpaired) electrons. The summed E-state index contributed by atoms with van der Waals surface area (Å²) in [6.45, 7) is 2.60. The predicted molar refractivity (Wildman–Crippen MR) is 95.1 cm³/mol. The van der Waals surface area contributed by atoms with Crippen LogP contribution < -0.4 is 11.2 Å². The fourth-order valence-electron chi connectivity index (χ4n) is 3.06. The Morgan fingerprint density at radius 1 is 1.16 bits per heavy atom. The van der Waals surface area contributed by atoms with Gasteiger partial charge in [0.05, 0.1) is 0 Å². The van der Waals surface area contributed by atoms with Crippen molar-refractivity contribution in [1.82, 2.24) is 28.7 Å². The van der Waals surface area contributed by atoms with Crippen LogP contribution in [-0.4, -0.2) is 28.7 Å². The van der Waals surface area contributed by atoms with E-state index in [2.05, 4.69) is 15.2 Å². The van der Waals surface area contributed by atoms with Crippen LogP contribution >= 0.6 is 11.6 Å². The van der Waals surface area contributed by atoms with Crippen LogP contribution in [0.15, 0.2) is 33.9 Å². The smallest absolute Gasteiger partial charge is 0.302 e. The molecule has 0 bridgehead atoms. The van der Waals surface area contributed by atoms with Gasteiger partial charge in [-0.15, -0.1) is 10.2 Å². The van der Waals surface area contributed by atoms with Crippen LogP contribution in [0.5, 0.6) is 0 Å². The summed E-state index contributed by atoms with van der Waals surface area (Å²) in [5, 5.41) is 9.14. The SMILES string of the molecule is CCCn1c2c(=O)[nH]c(=O)n(C)c2n2c(-c3ccc(Cl)cc3)nnc12. The van der Waals surface area contributed by atoms with E-state index in [4.69, 9.17) is 11.6 Å². The molecular formula is C16H15ClN6O2. The molecule has 0 unspecified atom stereocenters. The third-order valence-electron chi connectivity index (χ3n) is 4.19.